The monoisotopic (exact) mass is 308 g/mol. The molecule has 0 radical (unpaired) electrons. The quantitative estimate of drug-likeness (QED) is 0.828. The topological polar surface area (TPSA) is 33.2 Å². The van der Waals surface area contributed by atoms with E-state index in [1.807, 2.05) is 17.0 Å². The van der Waals surface area contributed by atoms with Crippen molar-refractivity contribution in [1.82, 2.24) is 9.88 Å². The first-order valence-electron chi connectivity index (χ1n) is 6.57. The Morgan fingerprint density at radius 3 is 2.60 bits per heavy atom. The number of amides is 1. The average molecular weight is 309 g/mol. The molecule has 0 aromatic carbocycles. The number of halogens is 1. The van der Waals surface area contributed by atoms with Crippen molar-refractivity contribution in [2.75, 3.05) is 0 Å². The summed E-state index contributed by atoms with van der Waals surface area (Å²) in [5.74, 6) is 0.0352. The highest BCUT2D eigenvalue weighted by Crippen LogP contribution is 2.24. The Hall–Kier alpha value is -1.39. The number of aromatic nitrogens is 1. The molecule has 0 aliphatic rings. The normalized spacial score (nSPS) is 12.2. The number of carbonyl (C=O) groups is 1. The molecule has 2 aromatic heterocycles. The van der Waals surface area contributed by atoms with Crippen LogP contribution < -0.4 is 0 Å². The molecule has 0 aliphatic carbocycles. The fourth-order valence-electron chi connectivity index (χ4n) is 1.90. The van der Waals surface area contributed by atoms with Gasteiger partial charge in [0.25, 0.3) is 5.91 Å². The van der Waals surface area contributed by atoms with E-state index in [1.165, 1.54) is 11.3 Å². The van der Waals surface area contributed by atoms with E-state index in [2.05, 4.69) is 18.8 Å². The zero-order valence-electron chi connectivity index (χ0n) is 11.5. The minimum atomic E-state index is 0.0352. The van der Waals surface area contributed by atoms with Crippen molar-refractivity contribution in [3.05, 3.63) is 51.4 Å². The lowest BCUT2D eigenvalue weighted by Gasteiger charge is -2.28. The van der Waals surface area contributed by atoms with Crippen LogP contribution in [-0.2, 0) is 6.54 Å². The molecule has 3 nitrogen and oxygen atoms in total. The number of thiophene rings is 1. The minimum absolute atomic E-state index is 0.0352. The zero-order valence-corrected chi connectivity index (χ0v) is 13.1. The summed E-state index contributed by atoms with van der Waals surface area (Å²) in [6, 6.07) is 7.60. The van der Waals surface area contributed by atoms with E-state index in [0.717, 1.165) is 12.0 Å². The van der Waals surface area contributed by atoms with Crippen LogP contribution in [0.25, 0.3) is 0 Å². The largest absolute Gasteiger partial charge is 0.331 e. The molecular weight excluding hydrogens is 292 g/mol. The molecule has 1 amide bonds. The molecule has 1 unspecified atom stereocenters. The third-order valence-corrected chi connectivity index (χ3v) is 4.49. The SMILES string of the molecule is CCC(C)N(Cc1ccncc1)C(=O)c1ccc(Cl)s1. The summed E-state index contributed by atoms with van der Waals surface area (Å²) < 4.78 is 0.640. The van der Waals surface area contributed by atoms with Crippen LogP contribution in [0.4, 0.5) is 0 Å². The van der Waals surface area contributed by atoms with Crippen molar-refractivity contribution in [3.8, 4) is 0 Å². The Morgan fingerprint density at radius 2 is 2.05 bits per heavy atom. The fraction of sp³-hybridized carbons (Fsp3) is 0.333. The third kappa shape index (κ3) is 3.58. The lowest BCUT2D eigenvalue weighted by Crippen LogP contribution is -2.37. The summed E-state index contributed by atoms with van der Waals surface area (Å²) in [4.78, 5) is 19.2. The van der Waals surface area contributed by atoms with E-state index in [1.54, 1.807) is 24.5 Å². The summed E-state index contributed by atoms with van der Waals surface area (Å²) in [5, 5.41) is 0. The van der Waals surface area contributed by atoms with E-state index in [9.17, 15) is 4.79 Å². The molecule has 1 atom stereocenters. The van der Waals surface area contributed by atoms with Crippen LogP contribution in [0, 0.1) is 0 Å². The van der Waals surface area contributed by atoms with Crippen LogP contribution >= 0.6 is 22.9 Å². The van der Waals surface area contributed by atoms with Gasteiger partial charge in [0.2, 0.25) is 0 Å². The first kappa shape index (κ1) is 15.0. The first-order valence-corrected chi connectivity index (χ1v) is 7.76. The molecular formula is C15H17ClN2OS. The molecule has 0 spiro atoms. The Morgan fingerprint density at radius 1 is 1.35 bits per heavy atom. The maximum absolute atomic E-state index is 12.6. The van der Waals surface area contributed by atoms with Gasteiger partial charge in [0, 0.05) is 25.0 Å². The molecule has 0 aliphatic heterocycles. The highest BCUT2D eigenvalue weighted by Gasteiger charge is 2.22. The number of rotatable bonds is 5. The number of hydrogen-bond acceptors (Lipinski definition) is 3. The van der Waals surface area contributed by atoms with Gasteiger partial charge in [-0.25, -0.2) is 0 Å². The van der Waals surface area contributed by atoms with E-state index in [-0.39, 0.29) is 11.9 Å². The molecule has 0 N–H and O–H groups in total. The van der Waals surface area contributed by atoms with Crippen LogP contribution in [0.15, 0.2) is 36.7 Å². The maximum Gasteiger partial charge on any atom is 0.264 e. The fourth-order valence-corrected chi connectivity index (χ4v) is 2.90. The summed E-state index contributed by atoms with van der Waals surface area (Å²) in [6.07, 6.45) is 4.41. The van der Waals surface area contributed by atoms with Gasteiger partial charge in [-0.1, -0.05) is 18.5 Å². The third-order valence-electron chi connectivity index (χ3n) is 3.27. The number of pyridine rings is 1. The molecule has 0 saturated carbocycles. The average Bonchev–Trinajstić information content (AvgIpc) is 2.91. The molecule has 0 saturated heterocycles. The Bertz CT molecular complexity index is 570. The highest BCUT2D eigenvalue weighted by molar-refractivity contribution is 7.17. The maximum atomic E-state index is 12.6. The van der Waals surface area contributed by atoms with Crippen LogP contribution in [0.1, 0.15) is 35.5 Å². The van der Waals surface area contributed by atoms with E-state index < -0.39 is 0 Å². The van der Waals surface area contributed by atoms with E-state index >= 15 is 0 Å². The number of nitrogens with zero attached hydrogens (tertiary/aromatic N) is 2. The highest BCUT2D eigenvalue weighted by atomic mass is 35.5. The predicted molar refractivity (Wildman–Crippen MR) is 83.2 cm³/mol. The molecule has 2 aromatic rings. The van der Waals surface area contributed by atoms with E-state index in [0.29, 0.717) is 15.8 Å². The molecule has 2 heterocycles. The van der Waals surface area contributed by atoms with Crippen LogP contribution in [0.2, 0.25) is 4.34 Å². The standard InChI is InChI=1S/C15H17ClN2OS/c1-3-11(2)18(10-12-6-8-17-9-7-12)15(19)13-4-5-14(16)20-13/h4-9,11H,3,10H2,1-2H3. The smallest absolute Gasteiger partial charge is 0.264 e. The van der Waals surface area contributed by atoms with Gasteiger partial charge in [-0.3, -0.25) is 9.78 Å². The summed E-state index contributed by atoms with van der Waals surface area (Å²) in [7, 11) is 0. The molecule has 0 fully saturated rings. The van der Waals surface area contributed by atoms with Gasteiger partial charge in [-0.05, 0) is 43.2 Å². The molecule has 106 valence electrons. The Labute approximate surface area is 128 Å². The summed E-state index contributed by atoms with van der Waals surface area (Å²) in [5.41, 5.74) is 1.08. The number of hydrogen-bond donors (Lipinski definition) is 0. The van der Waals surface area contributed by atoms with Gasteiger partial charge < -0.3 is 4.90 Å². The van der Waals surface area contributed by atoms with Crippen molar-refractivity contribution in [2.45, 2.75) is 32.9 Å². The van der Waals surface area contributed by atoms with Crippen molar-refractivity contribution >= 4 is 28.8 Å². The van der Waals surface area contributed by atoms with Crippen molar-refractivity contribution in [3.63, 3.8) is 0 Å². The Balaban J connectivity index is 2.21. The molecule has 20 heavy (non-hydrogen) atoms. The molecule has 5 heteroatoms. The van der Waals surface area contributed by atoms with Gasteiger partial charge in [0.1, 0.15) is 0 Å². The van der Waals surface area contributed by atoms with Gasteiger partial charge in [0.15, 0.2) is 0 Å². The second-order valence-corrected chi connectivity index (χ2v) is 6.36. The van der Waals surface area contributed by atoms with Crippen LogP contribution in [0.5, 0.6) is 0 Å². The second kappa shape index (κ2) is 6.86. The first-order chi connectivity index (χ1) is 9.61. The predicted octanol–water partition coefficient (Wildman–Crippen LogP) is 4.24. The van der Waals surface area contributed by atoms with Gasteiger partial charge in [-0.15, -0.1) is 11.3 Å². The number of carbonyl (C=O) groups excluding carboxylic acids is 1. The zero-order chi connectivity index (χ0) is 14.5. The summed E-state index contributed by atoms with van der Waals surface area (Å²) >= 11 is 7.25. The molecule has 2 rings (SSSR count). The van der Waals surface area contributed by atoms with Crippen LogP contribution in [-0.4, -0.2) is 21.8 Å². The second-order valence-electron chi connectivity index (χ2n) is 4.65. The van der Waals surface area contributed by atoms with Gasteiger partial charge in [0.05, 0.1) is 9.21 Å². The van der Waals surface area contributed by atoms with Gasteiger partial charge in [-0.2, -0.15) is 0 Å². The van der Waals surface area contributed by atoms with Gasteiger partial charge >= 0.3 is 0 Å². The minimum Gasteiger partial charge on any atom is -0.331 e. The van der Waals surface area contributed by atoms with Crippen molar-refractivity contribution in [2.24, 2.45) is 0 Å². The van der Waals surface area contributed by atoms with E-state index in [4.69, 9.17) is 11.6 Å². The Kier molecular flexibility index (Phi) is 5.15. The van der Waals surface area contributed by atoms with Crippen molar-refractivity contribution in [1.29, 1.82) is 0 Å². The summed E-state index contributed by atoms with van der Waals surface area (Å²) in [6.45, 7) is 4.74. The van der Waals surface area contributed by atoms with Crippen molar-refractivity contribution < 1.29 is 4.79 Å². The lowest BCUT2D eigenvalue weighted by atomic mass is 10.1. The van der Waals surface area contributed by atoms with Crippen LogP contribution in [0.3, 0.4) is 0 Å². The lowest BCUT2D eigenvalue weighted by molar-refractivity contribution is 0.0676. The molecule has 0 bridgehead atoms.